The van der Waals surface area contributed by atoms with Crippen LogP contribution in [0, 0.1) is 6.92 Å². The summed E-state index contributed by atoms with van der Waals surface area (Å²) >= 11 is 0. The number of carbonyl (C=O) groups is 1. The molecule has 0 aliphatic carbocycles. The highest BCUT2D eigenvalue weighted by molar-refractivity contribution is 6.08. The third-order valence-corrected chi connectivity index (χ3v) is 6.49. The van der Waals surface area contributed by atoms with Crippen molar-refractivity contribution < 1.29 is 18.0 Å². The normalized spacial score (nSPS) is 14.2. The maximum Gasteiger partial charge on any atom is 0.416 e. The second kappa shape index (κ2) is 9.53. The van der Waals surface area contributed by atoms with E-state index < -0.39 is 11.7 Å². The summed E-state index contributed by atoms with van der Waals surface area (Å²) in [5, 5.41) is 3.25. The van der Waals surface area contributed by atoms with Gasteiger partial charge < -0.3 is 15.1 Å². The lowest BCUT2D eigenvalue weighted by atomic mass is 10.1. The first-order valence-corrected chi connectivity index (χ1v) is 11.7. The van der Waals surface area contributed by atoms with E-state index in [0.29, 0.717) is 16.6 Å². The average Bonchev–Trinajstić information content (AvgIpc) is 2.89. The van der Waals surface area contributed by atoms with Crippen molar-refractivity contribution in [3.05, 3.63) is 95.7 Å². The Kier molecular flexibility index (Phi) is 6.26. The molecule has 0 saturated carbocycles. The molecule has 5 rings (SSSR count). The van der Waals surface area contributed by atoms with Gasteiger partial charge in [-0.2, -0.15) is 13.2 Å². The summed E-state index contributed by atoms with van der Waals surface area (Å²) < 4.78 is 39.1. The van der Waals surface area contributed by atoms with E-state index in [4.69, 9.17) is 0 Å². The molecule has 0 atom stereocenters. The van der Waals surface area contributed by atoms with Gasteiger partial charge in [0.25, 0.3) is 5.91 Å². The van der Waals surface area contributed by atoms with Gasteiger partial charge in [0, 0.05) is 54.7 Å². The van der Waals surface area contributed by atoms with E-state index in [1.165, 1.54) is 23.5 Å². The van der Waals surface area contributed by atoms with Crippen LogP contribution in [0.3, 0.4) is 0 Å². The Morgan fingerprint density at radius 3 is 2.00 bits per heavy atom. The maximum absolute atomic E-state index is 13.0. The number of hydrogen-bond acceptors (Lipinski definition) is 4. The van der Waals surface area contributed by atoms with Gasteiger partial charge in [-0.05, 0) is 61.5 Å². The minimum absolute atomic E-state index is 0.169. The monoisotopic (exact) mass is 490 g/mol. The molecule has 0 radical (unpaired) electrons. The number of rotatable bonds is 4. The van der Waals surface area contributed by atoms with Crippen molar-refractivity contribution in [1.82, 2.24) is 4.98 Å². The Labute approximate surface area is 207 Å². The summed E-state index contributed by atoms with van der Waals surface area (Å²) in [5.41, 5.74) is 3.79. The van der Waals surface area contributed by atoms with E-state index in [-0.39, 0.29) is 11.4 Å². The fraction of sp³-hybridized carbons (Fsp3) is 0.214. The summed E-state index contributed by atoms with van der Waals surface area (Å²) in [6, 6.07) is 20.8. The minimum atomic E-state index is -4.45. The Hall–Kier alpha value is -4.07. The maximum atomic E-state index is 13.0. The van der Waals surface area contributed by atoms with Gasteiger partial charge in [-0.1, -0.05) is 23.8 Å². The van der Waals surface area contributed by atoms with Crippen LogP contribution in [0.1, 0.15) is 21.5 Å². The second-order valence-electron chi connectivity index (χ2n) is 8.90. The van der Waals surface area contributed by atoms with Crippen molar-refractivity contribution >= 4 is 33.9 Å². The topological polar surface area (TPSA) is 48.5 Å². The molecular formula is C28H25F3N4O. The number of aryl methyl sites for hydroxylation is 1. The van der Waals surface area contributed by atoms with E-state index in [1.807, 2.05) is 12.1 Å². The molecule has 4 aromatic rings. The number of fused-ring (bicyclic) bond motifs is 1. The van der Waals surface area contributed by atoms with Crippen LogP contribution in [0.5, 0.6) is 0 Å². The molecular weight excluding hydrogens is 465 g/mol. The number of anilines is 3. The zero-order valence-electron chi connectivity index (χ0n) is 19.7. The number of carbonyl (C=O) groups excluding carboxylic acids is 1. The second-order valence-corrected chi connectivity index (χ2v) is 8.90. The Balaban J connectivity index is 1.24. The van der Waals surface area contributed by atoms with E-state index in [2.05, 4.69) is 51.3 Å². The van der Waals surface area contributed by atoms with Crippen LogP contribution in [0.2, 0.25) is 0 Å². The molecule has 0 unspecified atom stereocenters. The van der Waals surface area contributed by atoms with Crippen LogP contribution in [-0.2, 0) is 6.18 Å². The van der Waals surface area contributed by atoms with Gasteiger partial charge in [0.05, 0.1) is 16.8 Å². The van der Waals surface area contributed by atoms with Crippen molar-refractivity contribution in [1.29, 1.82) is 0 Å². The van der Waals surface area contributed by atoms with Crippen LogP contribution in [0.25, 0.3) is 10.9 Å². The summed E-state index contributed by atoms with van der Waals surface area (Å²) in [6.07, 6.45) is -3.07. The summed E-state index contributed by atoms with van der Waals surface area (Å²) in [4.78, 5) is 21.6. The van der Waals surface area contributed by atoms with Gasteiger partial charge in [-0.15, -0.1) is 0 Å². The smallest absolute Gasteiger partial charge is 0.368 e. The van der Waals surface area contributed by atoms with Gasteiger partial charge in [0.2, 0.25) is 0 Å². The number of halogens is 3. The first-order chi connectivity index (χ1) is 17.3. The number of nitrogens with zero attached hydrogens (tertiary/aromatic N) is 3. The van der Waals surface area contributed by atoms with Gasteiger partial charge in [0.15, 0.2) is 0 Å². The highest BCUT2D eigenvalue weighted by Crippen LogP contribution is 2.32. The third-order valence-electron chi connectivity index (χ3n) is 6.49. The van der Waals surface area contributed by atoms with Crippen molar-refractivity contribution in [2.24, 2.45) is 0 Å². The van der Waals surface area contributed by atoms with Crippen LogP contribution in [0.4, 0.5) is 30.2 Å². The lowest BCUT2D eigenvalue weighted by molar-refractivity contribution is -0.137. The molecule has 3 aromatic carbocycles. The lowest BCUT2D eigenvalue weighted by Crippen LogP contribution is -2.46. The lowest BCUT2D eigenvalue weighted by Gasteiger charge is -2.37. The fourth-order valence-electron chi connectivity index (χ4n) is 4.43. The minimum Gasteiger partial charge on any atom is -0.368 e. The quantitative estimate of drug-likeness (QED) is 0.373. The first kappa shape index (κ1) is 23.7. The first-order valence-electron chi connectivity index (χ1n) is 11.7. The summed E-state index contributed by atoms with van der Waals surface area (Å²) in [6.45, 7) is 5.66. The van der Waals surface area contributed by atoms with E-state index >= 15 is 0 Å². The number of benzene rings is 3. The molecule has 0 spiro atoms. The SMILES string of the molecule is Cc1ccc(N2CCN(c3ccc(C(=O)Nc4ccnc5cc(C(F)(F)F)ccc45)cc3)CC2)cc1. The number of alkyl halides is 3. The number of piperazine rings is 1. The van der Waals surface area contributed by atoms with E-state index in [0.717, 1.165) is 44.0 Å². The molecule has 36 heavy (non-hydrogen) atoms. The number of aromatic nitrogens is 1. The number of pyridine rings is 1. The summed E-state index contributed by atoms with van der Waals surface area (Å²) in [7, 11) is 0. The van der Waals surface area contributed by atoms with Gasteiger partial charge in [-0.25, -0.2) is 0 Å². The number of nitrogens with one attached hydrogen (secondary N) is 1. The molecule has 8 heteroatoms. The summed E-state index contributed by atoms with van der Waals surface area (Å²) in [5.74, 6) is -0.335. The molecule has 1 aliphatic rings. The zero-order chi connectivity index (χ0) is 25.3. The van der Waals surface area contributed by atoms with E-state index in [9.17, 15) is 18.0 Å². The predicted molar refractivity (Wildman–Crippen MR) is 137 cm³/mol. The number of hydrogen-bond donors (Lipinski definition) is 1. The van der Waals surface area contributed by atoms with E-state index in [1.54, 1.807) is 18.2 Å². The molecule has 1 amide bonds. The van der Waals surface area contributed by atoms with Gasteiger partial charge >= 0.3 is 6.18 Å². The highest BCUT2D eigenvalue weighted by Gasteiger charge is 2.30. The molecule has 184 valence electrons. The largest absolute Gasteiger partial charge is 0.416 e. The Bertz CT molecular complexity index is 1380. The molecule has 1 aromatic heterocycles. The third kappa shape index (κ3) is 4.98. The average molecular weight is 491 g/mol. The molecule has 1 N–H and O–H groups in total. The van der Waals surface area contributed by atoms with Crippen LogP contribution < -0.4 is 15.1 Å². The van der Waals surface area contributed by atoms with Crippen molar-refractivity contribution in [3.8, 4) is 0 Å². The molecule has 2 heterocycles. The molecule has 5 nitrogen and oxygen atoms in total. The van der Waals surface area contributed by atoms with Gasteiger partial charge in [0.1, 0.15) is 0 Å². The highest BCUT2D eigenvalue weighted by atomic mass is 19.4. The van der Waals surface area contributed by atoms with Crippen LogP contribution in [0.15, 0.2) is 79.0 Å². The van der Waals surface area contributed by atoms with Crippen LogP contribution in [-0.4, -0.2) is 37.1 Å². The molecule has 1 fully saturated rings. The Morgan fingerprint density at radius 2 is 1.42 bits per heavy atom. The number of amides is 1. The Morgan fingerprint density at radius 1 is 0.833 bits per heavy atom. The standard InChI is InChI=1S/C28H25F3N4O/c1-19-2-7-22(8-3-19)34-14-16-35(17-15-34)23-9-4-20(5-10-23)27(36)33-25-12-13-32-26-18-21(28(29,30)31)6-11-24(25)26/h2-13,18H,14-17H2,1H3,(H,32,33,36). The zero-order valence-corrected chi connectivity index (χ0v) is 19.7. The van der Waals surface area contributed by atoms with Crippen LogP contribution >= 0.6 is 0 Å². The van der Waals surface area contributed by atoms with Crippen molar-refractivity contribution in [2.45, 2.75) is 13.1 Å². The molecule has 1 aliphatic heterocycles. The fourth-order valence-corrected chi connectivity index (χ4v) is 4.43. The molecule has 1 saturated heterocycles. The van der Waals surface area contributed by atoms with Crippen molar-refractivity contribution in [2.75, 3.05) is 41.3 Å². The molecule has 0 bridgehead atoms. The predicted octanol–water partition coefficient (Wildman–Crippen LogP) is 6.14. The van der Waals surface area contributed by atoms with Crippen molar-refractivity contribution in [3.63, 3.8) is 0 Å². The van der Waals surface area contributed by atoms with Gasteiger partial charge in [-0.3, -0.25) is 9.78 Å².